The maximum absolute atomic E-state index is 4.66. The minimum atomic E-state index is 0.509. The Kier molecular flexibility index (Phi) is 5.15. The van der Waals surface area contributed by atoms with E-state index in [0.29, 0.717) is 12.1 Å². The Morgan fingerprint density at radius 1 is 1.42 bits per heavy atom. The van der Waals surface area contributed by atoms with Gasteiger partial charge in [0, 0.05) is 18.8 Å². The van der Waals surface area contributed by atoms with Crippen molar-refractivity contribution in [3.8, 4) is 0 Å². The highest BCUT2D eigenvalue weighted by Crippen LogP contribution is 2.34. The second-order valence-electron chi connectivity index (χ2n) is 5.60. The fraction of sp³-hybridized carbons (Fsp3) is 0.588. The van der Waals surface area contributed by atoms with Crippen molar-refractivity contribution in [2.75, 3.05) is 6.54 Å². The molecule has 2 heteroatoms. The number of pyridine rings is 1. The predicted molar refractivity (Wildman–Crippen MR) is 81.2 cm³/mol. The summed E-state index contributed by atoms with van der Waals surface area (Å²) in [4.78, 5) is 7.31. The lowest BCUT2D eigenvalue weighted by atomic mass is 9.92. The molecule has 0 amide bonds. The Bertz CT molecular complexity index is 425. The van der Waals surface area contributed by atoms with Crippen molar-refractivity contribution in [1.29, 1.82) is 0 Å². The summed E-state index contributed by atoms with van der Waals surface area (Å²) in [6.07, 6.45) is 11.4. The highest BCUT2D eigenvalue weighted by atomic mass is 15.2. The number of hydrogen-bond acceptors (Lipinski definition) is 2. The fourth-order valence-corrected chi connectivity index (χ4v) is 3.15. The Morgan fingerprint density at radius 3 is 3.00 bits per heavy atom. The number of hydrogen-bond donors (Lipinski definition) is 0. The van der Waals surface area contributed by atoms with Gasteiger partial charge in [-0.25, -0.2) is 0 Å². The molecule has 1 aromatic heterocycles. The Balaban J connectivity index is 2.17. The van der Waals surface area contributed by atoms with Crippen molar-refractivity contribution in [2.45, 2.75) is 58.5 Å². The molecule has 104 valence electrons. The molecule has 1 aliphatic rings. The molecule has 0 aliphatic carbocycles. The molecule has 0 N–H and O–H groups in total. The maximum atomic E-state index is 4.66. The van der Waals surface area contributed by atoms with Crippen molar-refractivity contribution in [1.82, 2.24) is 9.88 Å². The van der Waals surface area contributed by atoms with Crippen LogP contribution in [-0.4, -0.2) is 22.5 Å². The van der Waals surface area contributed by atoms with Crippen LogP contribution >= 0.6 is 0 Å². The lowest BCUT2D eigenvalue weighted by molar-refractivity contribution is 0.0919. The van der Waals surface area contributed by atoms with Crippen LogP contribution in [0.5, 0.6) is 0 Å². The number of allylic oxidation sites excluding steroid dienone is 1. The second kappa shape index (κ2) is 6.85. The molecule has 0 saturated carbocycles. The first-order valence-electron chi connectivity index (χ1n) is 7.52. The largest absolute Gasteiger partial charge is 0.292 e. The van der Waals surface area contributed by atoms with Crippen LogP contribution < -0.4 is 0 Å². The number of aromatic nitrogens is 1. The number of nitrogens with zero attached hydrogens (tertiary/aromatic N) is 2. The first-order valence-corrected chi connectivity index (χ1v) is 7.52. The summed E-state index contributed by atoms with van der Waals surface area (Å²) in [5, 5.41) is 0. The van der Waals surface area contributed by atoms with Crippen LogP contribution in [0.3, 0.4) is 0 Å². The van der Waals surface area contributed by atoms with Gasteiger partial charge in [0.1, 0.15) is 0 Å². The first-order chi connectivity index (χ1) is 9.24. The number of likely N-dealkylation sites (tertiary alicyclic amines) is 1. The maximum Gasteiger partial charge on any atom is 0.0604 e. The van der Waals surface area contributed by atoms with Crippen molar-refractivity contribution >= 4 is 0 Å². The van der Waals surface area contributed by atoms with Crippen LogP contribution in [0.1, 0.15) is 56.8 Å². The summed E-state index contributed by atoms with van der Waals surface area (Å²) in [5.41, 5.74) is 2.62. The van der Waals surface area contributed by atoms with Gasteiger partial charge < -0.3 is 0 Å². The Labute approximate surface area is 117 Å². The lowest BCUT2D eigenvalue weighted by Crippen LogP contribution is -2.41. The van der Waals surface area contributed by atoms with Gasteiger partial charge in [-0.2, -0.15) is 0 Å². The zero-order chi connectivity index (χ0) is 13.7. The van der Waals surface area contributed by atoms with Gasteiger partial charge in [-0.3, -0.25) is 9.88 Å². The molecule has 0 radical (unpaired) electrons. The molecule has 0 spiro atoms. The molecule has 2 rings (SSSR count). The highest BCUT2D eigenvalue weighted by molar-refractivity contribution is 5.22. The third-order valence-electron chi connectivity index (χ3n) is 4.22. The van der Waals surface area contributed by atoms with Gasteiger partial charge in [0.25, 0.3) is 0 Å². The summed E-state index contributed by atoms with van der Waals surface area (Å²) in [5.74, 6) is 0. The Morgan fingerprint density at radius 2 is 2.26 bits per heavy atom. The summed E-state index contributed by atoms with van der Waals surface area (Å²) < 4.78 is 0. The summed E-state index contributed by atoms with van der Waals surface area (Å²) in [7, 11) is 0. The lowest BCUT2D eigenvalue weighted by Gasteiger charge is -2.40. The van der Waals surface area contributed by atoms with Crippen LogP contribution in [0.4, 0.5) is 0 Å². The predicted octanol–water partition coefficient (Wildman–Crippen LogP) is 4.27. The monoisotopic (exact) mass is 258 g/mol. The van der Waals surface area contributed by atoms with E-state index < -0.39 is 0 Å². The molecular formula is C17H26N2. The summed E-state index contributed by atoms with van der Waals surface area (Å²) >= 11 is 0. The topological polar surface area (TPSA) is 16.1 Å². The standard InChI is InChI=1S/C17H26N2/c1-4-5-6-13-19-15(3)10-7-11-16(19)17-14(2)9-8-12-18-17/h4-5,8-9,12,15-16H,6-7,10-11,13H2,1-3H3/b5-4-. The molecule has 1 fully saturated rings. The molecule has 1 aliphatic heterocycles. The Hall–Kier alpha value is -1.15. The van der Waals surface area contributed by atoms with Gasteiger partial charge >= 0.3 is 0 Å². The third kappa shape index (κ3) is 3.44. The van der Waals surface area contributed by atoms with E-state index in [0.717, 1.165) is 13.0 Å². The van der Waals surface area contributed by atoms with Gasteiger partial charge in [-0.05, 0) is 58.1 Å². The molecule has 0 aromatic carbocycles. The van der Waals surface area contributed by atoms with Crippen molar-refractivity contribution in [2.24, 2.45) is 0 Å². The number of rotatable bonds is 4. The van der Waals surface area contributed by atoms with Crippen molar-refractivity contribution in [3.05, 3.63) is 41.7 Å². The minimum Gasteiger partial charge on any atom is -0.292 e. The van der Waals surface area contributed by atoms with Crippen LogP contribution in [0, 0.1) is 6.92 Å². The molecule has 1 aromatic rings. The minimum absolute atomic E-state index is 0.509. The zero-order valence-corrected chi connectivity index (χ0v) is 12.5. The van der Waals surface area contributed by atoms with E-state index in [-0.39, 0.29) is 0 Å². The molecule has 1 saturated heterocycles. The fourth-order valence-electron chi connectivity index (χ4n) is 3.15. The highest BCUT2D eigenvalue weighted by Gasteiger charge is 2.29. The zero-order valence-electron chi connectivity index (χ0n) is 12.5. The molecule has 2 heterocycles. The van der Waals surface area contributed by atoms with Crippen LogP contribution in [0.25, 0.3) is 0 Å². The van der Waals surface area contributed by atoms with E-state index in [2.05, 4.69) is 48.9 Å². The third-order valence-corrected chi connectivity index (χ3v) is 4.22. The van der Waals surface area contributed by atoms with E-state index in [4.69, 9.17) is 0 Å². The number of piperidine rings is 1. The van der Waals surface area contributed by atoms with E-state index in [9.17, 15) is 0 Å². The molecule has 2 atom stereocenters. The second-order valence-corrected chi connectivity index (χ2v) is 5.60. The van der Waals surface area contributed by atoms with Gasteiger partial charge in [0.15, 0.2) is 0 Å². The molecule has 0 bridgehead atoms. The molecule has 2 unspecified atom stereocenters. The van der Waals surface area contributed by atoms with Gasteiger partial charge in [0.2, 0.25) is 0 Å². The van der Waals surface area contributed by atoms with Crippen LogP contribution in [-0.2, 0) is 0 Å². The molecule has 2 nitrogen and oxygen atoms in total. The van der Waals surface area contributed by atoms with E-state index in [1.807, 2.05) is 12.3 Å². The average Bonchev–Trinajstić information content (AvgIpc) is 2.41. The SMILES string of the molecule is C/C=C\CCN1C(C)CCCC1c1ncccc1C. The van der Waals surface area contributed by atoms with Gasteiger partial charge in [-0.15, -0.1) is 0 Å². The van der Waals surface area contributed by atoms with Gasteiger partial charge in [0.05, 0.1) is 11.7 Å². The quantitative estimate of drug-likeness (QED) is 0.750. The van der Waals surface area contributed by atoms with Crippen molar-refractivity contribution in [3.63, 3.8) is 0 Å². The normalized spacial score (nSPS) is 25.0. The summed E-state index contributed by atoms with van der Waals surface area (Å²) in [6.45, 7) is 7.79. The molecule has 19 heavy (non-hydrogen) atoms. The molecular weight excluding hydrogens is 232 g/mol. The van der Waals surface area contributed by atoms with Crippen LogP contribution in [0.15, 0.2) is 30.5 Å². The van der Waals surface area contributed by atoms with E-state index in [1.54, 1.807) is 0 Å². The van der Waals surface area contributed by atoms with E-state index in [1.165, 1.54) is 30.5 Å². The first kappa shape index (κ1) is 14.3. The smallest absolute Gasteiger partial charge is 0.0604 e. The average molecular weight is 258 g/mol. The summed E-state index contributed by atoms with van der Waals surface area (Å²) in [6, 6.07) is 5.40. The van der Waals surface area contributed by atoms with Crippen LogP contribution in [0.2, 0.25) is 0 Å². The van der Waals surface area contributed by atoms with Crippen molar-refractivity contribution < 1.29 is 0 Å². The number of aryl methyl sites for hydroxylation is 1. The van der Waals surface area contributed by atoms with Gasteiger partial charge in [-0.1, -0.05) is 18.2 Å². The van der Waals surface area contributed by atoms with E-state index >= 15 is 0 Å².